The molecule has 1 amide bonds. The van der Waals surface area contributed by atoms with Gasteiger partial charge in [0.1, 0.15) is 11.6 Å². The monoisotopic (exact) mass is 269 g/mol. The average molecular weight is 269 g/mol. The zero-order valence-corrected chi connectivity index (χ0v) is 11.4. The van der Waals surface area contributed by atoms with Crippen molar-refractivity contribution in [1.29, 1.82) is 0 Å². The van der Waals surface area contributed by atoms with Gasteiger partial charge in [-0.1, -0.05) is 20.3 Å². The molecular weight excluding hydrogens is 249 g/mol. The smallest absolute Gasteiger partial charge is 0.255 e. The van der Waals surface area contributed by atoms with Gasteiger partial charge >= 0.3 is 0 Å². The molecule has 0 spiro atoms. The molecule has 0 saturated heterocycles. The molecule has 1 aromatic carbocycles. The Morgan fingerprint density at radius 2 is 2.16 bits per heavy atom. The summed E-state index contributed by atoms with van der Waals surface area (Å²) in [5.41, 5.74) is -1.04. The normalized spacial score (nSPS) is 15.6. The summed E-state index contributed by atoms with van der Waals surface area (Å²) in [5, 5.41) is 22.2. The number of nitrogens with one attached hydrogen (secondary N) is 1. The first kappa shape index (κ1) is 15.4. The molecule has 5 heteroatoms. The van der Waals surface area contributed by atoms with Gasteiger partial charge in [0.25, 0.3) is 5.91 Å². The highest BCUT2D eigenvalue weighted by Crippen LogP contribution is 2.20. The van der Waals surface area contributed by atoms with E-state index in [0.29, 0.717) is 0 Å². The number of phenolic OH excluding ortho intramolecular Hbond substituents is 1. The Labute approximate surface area is 112 Å². The van der Waals surface area contributed by atoms with Gasteiger partial charge in [0.2, 0.25) is 0 Å². The van der Waals surface area contributed by atoms with Crippen LogP contribution in [0, 0.1) is 11.7 Å². The Morgan fingerprint density at radius 1 is 1.53 bits per heavy atom. The number of hydrogen-bond donors (Lipinski definition) is 3. The first-order chi connectivity index (χ1) is 8.77. The van der Waals surface area contributed by atoms with Crippen molar-refractivity contribution in [3.8, 4) is 5.75 Å². The van der Waals surface area contributed by atoms with Crippen LogP contribution in [0.25, 0.3) is 0 Å². The van der Waals surface area contributed by atoms with Crippen LogP contribution in [-0.4, -0.2) is 28.3 Å². The molecule has 0 aromatic heterocycles. The van der Waals surface area contributed by atoms with E-state index in [9.17, 15) is 19.4 Å². The lowest BCUT2D eigenvalue weighted by atomic mass is 9.88. The van der Waals surface area contributed by atoms with Crippen LogP contribution >= 0.6 is 0 Å². The van der Waals surface area contributed by atoms with Gasteiger partial charge in [0.15, 0.2) is 0 Å². The Kier molecular flexibility index (Phi) is 4.89. The van der Waals surface area contributed by atoms with Crippen molar-refractivity contribution < 1.29 is 19.4 Å². The first-order valence-corrected chi connectivity index (χ1v) is 6.27. The van der Waals surface area contributed by atoms with E-state index in [-0.39, 0.29) is 18.0 Å². The Bertz CT molecular complexity index is 460. The van der Waals surface area contributed by atoms with Gasteiger partial charge in [-0.2, -0.15) is 0 Å². The zero-order chi connectivity index (χ0) is 14.6. The lowest BCUT2D eigenvalue weighted by Gasteiger charge is -2.29. The zero-order valence-electron chi connectivity index (χ0n) is 11.4. The number of aromatic hydroxyl groups is 1. The standard InChI is InChI=1S/C14H20FNO3/c1-4-9(2)14(3,19)8-16-13(18)11-6-5-10(15)7-12(11)17/h5-7,9,17,19H,4,8H2,1-3H3,(H,16,18). The summed E-state index contributed by atoms with van der Waals surface area (Å²) in [6, 6.07) is 3.18. The van der Waals surface area contributed by atoms with Crippen molar-refractivity contribution in [3.63, 3.8) is 0 Å². The maximum absolute atomic E-state index is 12.8. The summed E-state index contributed by atoms with van der Waals surface area (Å²) < 4.78 is 12.8. The second-order valence-electron chi connectivity index (χ2n) is 5.01. The molecule has 0 aliphatic rings. The third kappa shape index (κ3) is 3.92. The molecule has 1 aromatic rings. The molecule has 2 atom stereocenters. The largest absolute Gasteiger partial charge is 0.507 e. The summed E-state index contributed by atoms with van der Waals surface area (Å²) in [6.45, 7) is 5.55. The summed E-state index contributed by atoms with van der Waals surface area (Å²) in [7, 11) is 0. The van der Waals surface area contributed by atoms with Crippen molar-refractivity contribution in [2.24, 2.45) is 5.92 Å². The molecule has 0 aliphatic carbocycles. The first-order valence-electron chi connectivity index (χ1n) is 6.27. The highest BCUT2D eigenvalue weighted by Gasteiger charge is 2.27. The third-order valence-corrected chi connectivity index (χ3v) is 3.49. The third-order valence-electron chi connectivity index (χ3n) is 3.49. The Morgan fingerprint density at radius 3 is 2.68 bits per heavy atom. The van der Waals surface area contributed by atoms with Crippen LogP contribution in [0.15, 0.2) is 18.2 Å². The van der Waals surface area contributed by atoms with Gasteiger partial charge in [-0.05, 0) is 25.0 Å². The van der Waals surface area contributed by atoms with Crippen LogP contribution < -0.4 is 5.32 Å². The minimum absolute atomic E-state index is 0.0126. The molecule has 2 unspecified atom stereocenters. The highest BCUT2D eigenvalue weighted by atomic mass is 19.1. The number of hydrogen-bond acceptors (Lipinski definition) is 3. The molecule has 0 radical (unpaired) electrons. The predicted molar refractivity (Wildman–Crippen MR) is 70.5 cm³/mol. The molecule has 106 valence electrons. The molecule has 0 bridgehead atoms. The van der Waals surface area contributed by atoms with Gasteiger partial charge in [-0.15, -0.1) is 0 Å². The van der Waals surface area contributed by atoms with Crippen molar-refractivity contribution in [2.75, 3.05) is 6.54 Å². The lowest BCUT2D eigenvalue weighted by Crippen LogP contribution is -2.45. The van der Waals surface area contributed by atoms with Gasteiger partial charge in [0.05, 0.1) is 11.2 Å². The number of carbonyl (C=O) groups is 1. The quantitative estimate of drug-likeness (QED) is 0.766. The number of carbonyl (C=O) groups excluding carboxylic acids is 1. The van der Waals surface area contributed by atoms with Crippen LogP contribution in [-0.2, 0) is 0 Å². The molecule has 0 heterocycles. The van der Waals surface area contributed by atoms with Crippen molar-refractivity contribution in [1.82, 2.24) is 5.32 Å². The van der Waals surface area contributed by atoms with E-state index in [4.69, 9.17) is 0 Å². The van der Waals surface area contributed by atoms with Crippen molar-refractivity contribution in [2.45, 2.75) is 32.8 Å². The summed E-state index contributed by atoms with van der Waals surface area (Å²) in [4.78, 5) is 11.8. The fourth-order valence-corrected chi connectivity index (χ4v) is 1.67. The Hall–Kier alpha value is -1.62. The van der Waals surface area contributed by atoms with Gasteiger partial charge in [0, 0.05) is 12.6 Å². The molecule has 1 rings (SSSR count). The maximum atomic E-state index is 12.8. The Balaban J connectivity index is 2.70. The number of halogens is 1. The van der Waals surface area contributed by atoms with E-state index < -0.39 is 23.1 Å². The van der Waals surface area contributed by atoms with Crippen LogP contribution in [0.4, 0.5) is 4.39 Å². The topological polar surface area (TPSA) is 69.6 Å². The van der Waals surface area contributed by atoms with E-state index in [1.54, 1.807) is 6.92 Å². The fraction of sp³-hybridized carbons (Fsp3) is 0.500. The molecule has 3 N–H and O–H groups in total. The van der Waals surface area contributed by atoms with Crippen LogP contribution in [0.5, 0.6) is 5.75 Å². The van der Waals surface area contributed by atoms with Crippen LogP contribution in [0.1, 0.15) is 37.6 Å². The van der Waals surface area contributed by atoms with E-state index >= 15 is 0 Å². The average Bonchev–Trinajstić information content (AvgIpc) is 2.35. The number of rotatable bonds is 5. The number of aliphatic hydroxyl groups is 1. The van der Waals surface area contributed by atoms with Gasteiger partial charge < -0.3 is 15.5 Å². The predicted octanol–water partition coefficient (Wildman–Crippen LogP) is 2.06. The van der Waals surface area contributed by atoms with E-state index in [1.165, 1.54) is 6.07 Å². The summed E-state index contributed by atoms with van der Waals surface area (Å²) in [6.07, 6.45) is 0.782. The van der Waals surface area contributed by atoms with Crippen LogP contribution in [0.2, 0.25) is 0 Å². The summed E-state index contributed by atoms with van der Waals surface area (Å²) >= 11 is 0. The second kappa shape index (κ2) is 6.02. The van der Waals surface area contributed by atoms with Crippen molar-refractivity contribution in [3.05, 3.63) is 29.6 Å². The van der Waals surface area contributed by atoms with E-state index in [2.05, 4.69) is 5.32 Å². The molecule has 0 aliphatic heterocycles. The maximum Gasteiger partial charge on any atom is 0.255 e. The SMILES string of the molecule is CCC(C)C(C)(O)CNC(=O)c1ccc(F)cc1O. The molecule has 0 fully saturated rings. The minimum Gasteiger partial charge on any atom is -0.507 e. The van der Waals surface area contributed by atoms with Crippen molar-refractivity contribution >= 4 is 5.91 Å². The molecule has 4 nitrogen and oxygen atoms in total. The number of phenols is 1. The fourth-order valence-electron chi connectivity index (χ4n) is 1.67. The number of amides is 1. The second-order valence-corrected chi connectivity index (χ2v) is 5.01. The molecular formula is C14H20FNO3. The van der Waals surface area contributed by atoms with Gasteiger partial charge in [-0.3, -0.25) is 4.79 Å². The molecule has 19 heavy (non-hydrogen) atoms. The van der Waals surface area contributed by atoms with Crippen LogP contribution in [0.3, 0.4) is 0 Å². The van der Waals surface area contributed by atoms with Gasteiger partial charge in [-0.25, -0.2) is 4.39 Å². The van der Waals surface area contributed by atoms with E-state index in [1.807, 2.05) is 13.8 Å². The minimum atomic E-state index is -1.03. The summed E-state index contributed by atoms with van der Waals surface area (Å²) in [5.74, 6) is -1.54. The molecule has 0 saturated carbocycles. The number of benzene rings is 1. The highest BCUT2D eigenvalue weighted by molar-refractivity contribution is 5.96. The lowest BCUT2D eigenvalue weighted by molar-refractivity contribution is 0.00589. The van der Waals surface area contributed by atoms with E-state index in [0.717, 1.165) is 18.6 Å².